The van der Waals surface area contributed by atoms with Crippen LogP contribution in [0.15, 0.2) is 16.7 Å². The van der Waals surface area contributed by atoms with Gasteiger partial charge in [-0.2, -0.15) is 0 Å². The van der Waals surface area contributed by atoms with Crippen molar-refractivity contribution in [3.8, 4) is 0 Å². The Bertz CT molecular complexity index is 453. The topological polar surface area (TPSA) is 77.2 Å². The van der Waals surface area contributed by atoms with E-state index in [1.807, 2.05) is 0 Å². The van der Waals surface area contributed by atoms with Crippen LogP contribution >= 0.6 is 15.9 Å². The van der Waals surface area contributed by atoms with Crippen molar-refractivity contribution < 1.29 is 9.53 Å². The lowest BCUT2D eigenvalue weighted by atomic mass is 10.2. The second-order valence-electron chi connectivity index (χ2n) is 4.43. The van der Waals surface area contributed by atoms with Gasteiger partial charge in [-0.05, 0) is 41.3 Å². The van der Waals surface area contributed by atoms with Crippen molar-refractivity contribution in [2.24, 2.45) is 0 Å². The summed E-state index contributed by atoms with van der Waals surface area (Å²) in [5, 5.41) is 3.00. The molecule has 0 aliphatic heterocycles. The van der Waals surface area contributed by atoms with Crippen molar-refractivity contribution in [1.82, 2.24) is 10.3 Å². The van der Waals surface area contributed by atoms with Crippen LogP contribution in [0.2, 0.25) is 0 Å². The predicted molar refractivity (Wildman–Crippen MR) is 72.3 cm³/mol. The maximum atomic E-state index is 12.1. The zero-order chi connectivity index (χ0) is 13.1. The van der Waals surface area contributed by atoms with Gasteiger partial charge in [-0.1, -0.05) is 0 Å². The van der Waals surface area contributed by atoms with E-state index in [-0.39, 0.29) is 18.1 Å². The minimum absolute atomic E-state index is 0.127. The molecule has 98 valence electrons. The summed E-state index contributed by atoms with van der Waals surface area (Å²) < 4.78 is 5.93. The highest BCUT2D eigenvalue weighted by Gasteiger charge is 2.26. The van der Waals surface area contributed by atoms with Crippen LogP contribution in [0.5, 0.6) is 0 Å². The van der Waals surface area contributed by atoms with Crippen molar-refractivity contribution in [2.45, 2.75) is 31.4 Å². The van der Waals surface area contributed by atoms with Gasteiger partial charge < -0.3 is 15.8 Å². The Hall–Kier alpha value is -1.14. The van der Waals surface area contributed by atoms with Gasteiger partial charge in [-0.25, -0.2) is 4.98 Å². The smallest absolute Gasteiger partial charge is 0.252 e. The highest BCUT2D eigenvalue weighted by Crippen LogP contribution is 2.23. The Morgan fingerprint density at radius 1 is 1.61 bits per heavy atom. The van der Waals surface area contributed by atoms with Gasteiger partial charge in [0.05, 0.1) is 11.7 Å². The molecule has 1 heterocycles. The van der Waals surface area contributed by atoms with Crippen LogP contribution in [0, 0.1) is 0 Å². The molecule has 3 N–H and O–H groups in total. The standard InChI is InChI=1S/C12H16BrN3O2/c1-18-8-3-2-7(4-8)16-12(17)9-5-11(14)15-6-10(9)13/h5-8H,2-4H2,1H3,(H2,14,15)(H,16,17). The quantitative estimate of drug-likeness (QED) is 0.890. The predicted octanol–water partition coefficient (Wildman–Crippen LogP) is 1.72. The van der Waals surface area contributed by atoms with E-state index in [2.05, 4.69) is 26.2 Å². The molecule has 1 saturated carbocycles. The molecule has 2 rings (SSSR count). The number of hydrogen-bond donors (Lipinski definition) is 2. The summed E-state index contributed by atoms with van der Waals surface area (Å²) in [5.41, 5.74) is 6.10. The van der Waals surface area contributed by atoms with Crippen LogP contribution in [0.4, 0.5) is 5.82 Å². The summed E-state index contributed by atoms with van der Waals surface area (Å²) in [7, 11) is 1.70. The minimum Gasteiger partial charge on any atom is -0.384 e. The summed E-state index contributed by atoms with van der Waals surface area (Å²) >= 11 is 3.30. The zero-order valence-electron chi connectivity index (χ0n) is 10.1. The summed E-state index contributed by atoms with van der Waals surface area (Å²) in [6.07, 6.45) is 4.59. The van der Waals surface area contributed by atoms with E-state index in [9.17, 15) is 4.79 Å². The van der Waals surface area contributed by atoms with E-state index in [1.165, 1.54) is 6.20 Å². The maximum Gasteiger partial charge on any atom is 0.252 e. The van der Waals surface area contributed by atoms with Gasteiger partial charge in [0.15, 0.2) is 0 Å². The first-order chi connectivity index (χ1) is 8.60. The monoisotopic (exact) mass is 313 g/mol. The van der Waals surface area contributed by atoms with Gasteiger partial charge in [0.1, 0.15) is 5.82 Å². The van der Waals surface area contributed by atoms with Gasteiger partial charge in [0.25, 0.3) is 5.91 Å². The molecule has 6 heteroatoms. The average Bonchev–Trinajstić information content (AvgIpc) is 2.80. The normalized spacial score (nSPS) is 23.0. The molecule has 18 heavy (non-hydrogen) atoms. The van der Waals surface area contributed by atoms with Crippen LogP contribution in [0.1, 0.15) is 29.6 Å². The van der Waals surface area contributed by atoms with Crippen LogP contribution in [-0.4, -0.2) is 30.1 Å². The number of rotatable bonds is 3. The molecule has 5 nitrogen and oxygen atoms in total. The van der Waals surface area contributed by atoms with Crippen molar-refractivity contribution in [1.29, 1.82) is 0 Å². The summed E-state index contributed by atoms with van der Waals surface area (Å²) in [5.74, 6) is 0.210. The zero-order valence-corrected chi connectivity index (χ0v) is 11.7. The molecule has 1 aliphatic carbocycles. The van der Waals surface area contributed by atoms with Gasteiger partial charge in [0.2, 0.25) is 0 Å². The van der Waals surface area contributed by atoms with Gasteiger partial charge >= 0.3 is 0 Å². The van der Waals surface area contributed by atoms with E-state index < -0.39 is 0 Å². The Labute approximate surface area is 114 Å². The van der Waals surface area contributed by atoms with Crippen molar-refractivity contribution in [3.63, 3.8) is 0 Å². The molecule has 0 saturated heterocycles. The second kappa shape index (κ2) is 5.67. The number of nitrogens with zero attached hydrogens (tertiary/aromatic N) is 1. The third-order valence-corrected chi connectivity index (χ3v) is 3.81. The molecule has 0 bridgehead atoms. The number of amides is 1. The fourth-order valence-electron chi connectivity index (χ4n) is 2.18. The number of nitrogens with one attached hydrogen (secondary N) is 1. The fourth-order valence-corrected chi connectivity index (χ4v) is 2.57. The number of anilines is 1. The minimum atomic E-state index is -0.127. The van der Waals surface area contributed by atoms with Crippen molar-refractivity contribution in [3.05, 3.63) is 22.3 Å². The molecule has 2 unspecified atom stereocenters. The molecular weight excluding hydrogens is 298 g/mol. The first kappa shape index (κ1) is 13.3. The molecular formula is C12H16BrN3O2. The third-order valence-electron chi connectivity index (χ3n) is 3.17. The molecule has 1 amide bonds. The number of ether oxygens (including phenoxy) is 1. The van der Waals surface area contributed by atoms with Gasteiger partial charge in [-0.15, -0.1) is 0 Å². The summed E-state index contributed by atoms with van der Waals surface area (Å²) in [6.45, 7) is 0. The first-order valence-electron chi connectivity index (χ1n) is 5.85. The number of halogens is 1. The van der Waals surface area contributed by atoms with Gasteiger partial charge in [-0.3, -0.25) is 4.79 Å². The Morgan fingerprint density at radius 2 is 2.39 bits per heavy atom. The van der Waals surface area contributed by atoms with Crippen molar-refractivity contribution >= 4 is 27.7 Å². The van der Waals surface area contributed by atoms with Crippen LogP contribution in [0.3, 0.4) is 0 Å². The lowest BCUT2D eigenvalue weighted by Gasteiger charge is -2.13. The molecule has 1 aromatic rings. The molecule has 0 aromatic carbocycles. The Balaban J connectivity index is 2.02. The second-order valence-corrected chi connectivity index (χ2v) is 5.28. The number of hydrogen-bond acceptors (Lipinski definition) is 4. The maximum absolute atomic E-state index is 12.1. The molecule has 1 fully saturated rings. The number of methoxy groups -OCH3 is 1. The number of nitrogen functional groups attached to an aromatic ring is 1. The summed E-state index contributed by atoms with van der Waals surface area (Å²) in [6, 6.07) is 1.74. The SMILES string of the molecule is COC1CCC(NC(=O)c2cc(N)ncc2Br)C1. The molecule has 1 aliphatic rings. The highest BCUT2D eigenvalue weighted by atomic mass is 79.9. The lowest BCUT2D eigenvalue weighted by Crippen LogP contribution is -2.33. The van der Waals surface area contributed by atoms with E-state index in [0.717, 1.165) is 19.3 Å². The highest BCUT2D eigenvalue weighted by molar-refractivity contribution is 9.10. The fraction of sp³-hybridized carbons (Fsp3) is 0.500. The molecule has 2 atom stereocenters. The Kier molecular flexibility index (Phi) is 4.19. The summed E-state index contributed by atoms with van der Waals surface area (Å²) in [4.78, 5) is 16.0. The van der Waals surface area contributed by atoms with Crippen molar-refractivity contribution in [2.75, 3.05) is 12.8 Å². The van der Waals surface area contributed by atoms with E-state index >= 15 is 0 Å². The van der Waals surface area contributed by atoms with E-state index in [4.69, 9.17) is 10.5 Å². The largest absolute Gasteiger partial charge is 0.384 e. The molecule has 0 spiro atoms. The number of nitrogens with two attached hydrogens (primary N) is 1. The van der Waals surface area contributed by atoms with Crippen LogP contribution < -0.4 is 11.1 Å². The lowest BCUT2D eigenvalue weighted by molar-refractivity contribution is 0.0914. The Morgan fingerprint density at radius 3 is 3.06 bits per heavy atom. The van der Waals surface area contributed by atoms with E-state index in [0.29, 0.717) is 15.9 Å². The number of aromatic nitrogens is 1. The number of carbonyl (C=O) groups is 1. The van der Waals surface area contributed by atoms with E-state index in [1.54, 1.807) is 13.2 Å². The van der Waals surface area contributed by atoms with Gasteiger partial charge in [0, 0.05) is 23.8 Å². The number of carbonyl (C=O) groups excluding carboxylic acids is 1. The van der Waals surface area contributed by atoms with Crippen LogP contribution in [-0.2, 0) is 4.74 Å². The van der Waals surface area contributed by atoms with Crippen LogP contribution in [0.25, 0.3) is 0 Å². The average molecular weight is 314 g/mol. The first-order valence-corrected chi connectivity index (χ1v) is 6.64. The third kappa shape index (κ3) is 3.00. The number of pyridine rings is 1. The molecule has 0 radical (unpaired) electrons. The molecule has 1 aromatic heterocycles.